The maximum atomic E-state index is 12.8. The molecule has 1 amide bonds. The SMILES string of the molecule is Cc1ccc(-c2ccc(C(=O)Nc3ccc4c5c(cccc35)CC4)o2)cc1Cl. The number of rotatable bonds is 3. The first-order valence-corrected chi connectivity index (χ1v) is 9.69. The van der Waals surface area contributed by atoms with Gasteiger partial charge in [0.2, 0.25) is 0 Å². The van der Waals surface area contributed by atoms with Gasteiger partial charge in [-0.1, -0.05) is 48.0 Å². The molecule has 0 atom stereocenters. The predicted octanol–water partition coefficient (Wildman–Crippen LogP) is 6.41. The molecular weight excluding hydrogens is 370 g/mol. The van der Waals surface area contributed by atoms with Crippen LogP contribution in [-0.2, 0) is 12.8 Å². The monoisotopic (exact) mass is 387 g/mol. The average molecular weight is 388 g/mol. The number of furan rings is 1. The van der Waals surface area contributed by atoms with Gasteiger partial charge in [0.15, 0.2) is 5.76 Å². The zero-order valence-electron chi connectivity index (χ0n) is 15.4. The van der Waals surface area contributed by atoms with Gasteiger partial charge in [0, 0.05) is 21.7 Å². The van der Waals surface area contributed by atoms with Crippen molar-refractivity contribution in [2.24, 2.45) is 0 Å². The average Bonchev–Trinajstić information content (AvgIpc) is 3.35. The minimum absolute atomic E-state index is 0.261. The Morgan fingerprint density at radius 2 is 1.82 bits per heavy atom. The number of amides is 1. The molecule has 0 saturated heterocycles. The highest BCUT2D eigenvalue weighted by Crippen LogP contribution is 2.35. The van der Waals surface area contributed by atoms with Crippen molar-refractivity contribution in [3.63, 3.8) is 0 Å². The van der Waals surface area contributed by atoms with Gasteiger partial charge in [-0.05, 0) is 66.1 Å². The van der Waals surface area contributed by atoms with E-state index in [9.17, 15) is 4.79 Å². The molecule has 0 unspecified atom stereocenters. The first kappa shape index (κ1) is 17.1. The van der Waals surface area contributed by atoms with Gasteiger partial charge in [-0.2, -0.15) is 0 Å². The Morgan fingerprint density at radius 1 is 1.00 bits per heavy atom. The second-order valence-electron chi connectivity index (χ2n) is 7.19. The first-order chi connectivity index (χ1) is 13.6. The van der Waals surface area contributed by atoms with E-state index in [1.807, 2.05) is 31.2 Å². The van der Waals surface area contributed by atoms with Crippen LogP contribution >= 0.6 is 11.6 Å². The molecule has 1 heterocycles. The normalized spacial score (nSPS) is 12.5. The van der Waals surface area contributed by atoms with Crippen LogP contribution in [0.15, 0.2) is 65.1 Å². The number of hydrogen-bond donors (Lipinski definition) is 1. The van der Waals surface area contributed by atoms with E-state index >= 15 is 0 Å². The summed E-state index contributed by atoms with van der Waals surface area (Å²) in [4.78, 5) is 12.8. The molecule has 3 nitrogen and oxygen atoms in total. The van der Waals surface area contributed by atoms with Gasteiger partial charge in [0.25, 0.3) is 5.91 Å². The van der Waals surface area contributed by atoms with Crippen LogP contribution in [0.4, 0.5) is 5.69 Å². The summed E-state index contributed by atoms with van der Waals surface area (Å²) in [5.41, 5.74) is 5.35. The number of halogens is 1. The lowest BCUT2D eigenvalue weighted by Gasteiger charge is -2.09. The van der Waals surface area contributed by atoms with Gasteiger partial charge in [0.05, 0.1) is 0 Å². The minimum atomic E-state index is -0.261. The fourth-order valence-electron chi connectivity index (χ4n) is 3.90. The molecule has 0 bridgehead atoms. The van der Waals surface area contributed by atoms with Crippen molar-refractivity contribution in [2.45, 2.75) is 19.8 Å². The second-order valence-corrected chi connectivity index (χ2v) is 7.60. The van der Waals surface area contributed by atoms with E-state index in [1.54, 1.807) is 12.1 Å². The summed E-state index contributed by atoms with van der Waals surface area (Å²) in [5.74, 6) is 0.630. The Balaban J connectivity index is 1.45. The standard InChI is InChI=1S/C24H18ClNO2/c1-14-5-6-17(13-19(14)25)21-11-12-22(28-21)24(27)26-20-10-9-16-8-7-15-3-2-4-18(20)23(15)16/h2-6,9-13H,7-8H2,1H3,(H,26,27). The van der Waals surface area contributed by atoms with Crippen LogP contribution in [0, 0.1) is 6.92 Å². The number of nitrogens with one attached hydrogen (secondary N) is 1. The highest BCUT2D eigenvalue weighted by molar-refractivity contribution is 6.31. The Kier molecular flexibility index (Phi) is 3.99. The van der Waals surface area contributed by atoms with Crippen LogP contribution in [0.5, 0.6) is 0 Å². The molecule has 0 spiro atoms. The number of benzene rings is 3. The Labute approximate surface area is 167 Å². The molecule has 138 valence electrons. The van der Waals surface area contributed by atoms with E-state index in [0.717, 1.165) is 35.0 Å². The van der Waals surface area contributed by atoms with Crippen LogP contribution in [-0.4, -0.2) is 5.91 Å². The maximum absolute atomic E-state index is 12.8. The molecule has 4 heteroatoms. The topological polar surface area (TPSA) is 42.2 Å². The van der Waals surface area contributed by atoms with Gasteiger partial charge in [-0.25, -0.2) is 0 Å². The molecule has 1 aromatic heterocycles. The fraction of sp³-hybridized carbons (Fsp3) is 0.125. The molecule has 4 aromatic rings. The predicted molar refractivity (Wildman–Crippen MR) is 113 cm³/mol. The van der Waals surface area contributed by atoms with E-state index in [0.29, 0.717) is 10.8 Å². The Hall–Kier alpha value is -3.04. The number of anilines is 1. The van der Waals surface area contributed by atoms with Crippen LogP contribution in [0.2, 0.25) is 5.02 Å². The van der Waals surface area contributed by atoms with Gasteiger partial charge in [-0.3, -0.25) is 4.79 Å². The van der Waals surface area contributed by atoms with Gasteiger partial charge in [0.1, 0.15) is 5.76 Å². The second kappa shape index (κ2) is 6.54. The van der Waals surface area contributed by atoms with Crippen molar-refractivity contribution in [3.05, 3.63) is 88.1 Å². The van der Waals surface area contributed by atoms with Gasteiger partial charge >= 0.3 is 0 Å². The van der Waals surface area contributed by atoms with Crippen LogP contribution < -0.4 is 5.32 Å². The third kappa shape index (κ3) is 2.79. The first-order valence-electron chi connectivity index (χ1n) is 9.31. The van der Waals surface area contributed by atoms with Crippen molar-refractivity contribution >= 4 is 34.0 Å². The number of carbonyl (C=O) groups is 1. The maximum Gasteiger partial charge on any atom is 0.291 e. The molecule has 1 N–H and O–H groups in total. The molecule has 0 radical (unpaired) electrons. The molecule has 0 saturated carbocycles. The van der Waals surface area contributed by atoms with E-state index in [1.165, 1.54) is 16.5 Å². The van der Waals surface area contributed by atoms with Crippen molar-refractivity contribution in [1.82, 2.24) is 0 Å². The number of carbonyl (C=O) groups excluding carboxylic acids is 1. The van der Waals surface area contributed by atoms with Crippen LogP contribution in [0.1, 0.15) is 27.2 Å². The Morgan fingerprint density at radius 3 is 2.64 bits per heavy atom. The third-order valence-electron chi connectivity index (χ3n) is 5.41. The summed E-state index contributed by atoms with van der Waals surface area (Å²) >= 11 is 6.21. The lowest BCUT2D eigenvalue weighted by atomic mass is 10.0. The molecule has 5 rings (SSSR count). The van der Waals surface area contributed by atoms with Crippen molar-refractivity contribution in [3.8, 4) is 11.3 Å². The molecule has 1 aliphatic rings. The number of aryl methyl sites for hydroxylation is 3. The van der Waals surface area contributed by atoms with Gasteiger partial charge < -0.3 is 9.73 Å². The highest BCUT2D eigenvalue weighted by atomic mass is 35.5. The van der Waals surface area contributed by atoms with Crippen LogP contribution in [0.3, 0.4) is 0 Å². The molecule has 28 heavy (non-hydrogen) atoms. The fourth-order valence-corrected chi connectivity index (χ4v) is 4.08. The third-order valence-corrected chi connectivity index (χ3v) is 5.82. The molecule has 3 aromatic carbocycles. The summed E-state index contributed by atoms with van der Waals surface area (Å²) in [6, 6.07) is 19.6. The van der Waals surface area contributed by atoms with Crippen LogP contribution in [0.25, 0.3) is 22.1 Å². The summed E-state index contributed by atoms with van der Waals surface area (Å²) in [6.07, 6.45) is 2.12. The lowest BCUT2D eigenvalue weighted by Crippen LogP contribution is -2.11. The summed E-state index contributed by atoms with van der Waals surface area (Å²) < 4.78 is 5.80. The van der Waals surface area contributed by atoms with E-state index < -0.39 is 0 Å². The smallest absolute Gasteiger partial charge is 0.291 e. The Bertz CT molecular complexity index is 1230. The largest absolute Gasteiger partial charge is 0.451 e. The summed E-state index contributed by atoms with van der Waals surface area (Å²) in [5, 5.41) is 6.04. The van der Waals surface area contributed by atoms with E-state index in [4.69, 9.17) is 16.0 Å². The quantitative estimate of drug-likeness (QED) is 0.441. The molecule has 1 aliphatic carbocycles. The summed E-state index contributed by atoms with van der Waals surface area (Å²) in [7, 11) is 0. The molecule has 0 fully saturated rings. The summed E-state index contributed by atoms with van der Waals surface area (Å²) in [6.45, 7) is 1.95. The van der Waals surface area contributed by atoms with E-state index in [-0.39, 0.29) is 11.7 Å². The van der Waals surface area contributed by atoms with Crippen molar-refractivity contribution < 1.29 is 9.21 Å². The number of hydrogen-bond acceptors (Lipinski definition) is 2. The zero-order valence-corrected chi connectivity index (χ0v) is 16.1. The highest BCUT2D eigenvalue weighted by Gasteiger charge is 2.18. The zero-order chi connectivity index (χ0) is 19.3. The minimum Gasteiger partial charge on any atom is -0.451 e. The molecule has 0 aliphatic heterocycles. The van der Waals surface area contributed by atoms with Crippen molar-refractivity contribution in [1.29, 1.82) is 0 Å². The van der Waals surface area contributed by atoms with Crippen molar-refractivity contribution in [2.75, 3.05) is 5.32 Å². The van der Waals surface area contributed by atoms with Gasteiger partial charge in [-0.15, -0.1) is 0 Å². The molecular formula is C24H18ClNO2. The lowest BCUT2D eigenvalue weighted by molar-refractivity contribution is 0.0997. The van der Waals surface area contributed by atoms with E-state index in [2.05, 4.69) is 29.6 Å².